The van der Waals surface area contributed by atoms with E-state index in [1.165, 1.54) is 0 Å². The summed E-state index contributed by atoms with van der Waals surface area (Å²) >= 11 is 0. The average Bonchev–Trinajstić information content (AvgIpc) is 2.52. The van der Waals surface area contributed by atoms with Crippen LogP contribution in [0.4, 0.5) is 0 Å². The molecule has 0 spiro atoms. The Balaban J connectivity index is 2.61. The van der Waals surface area contributed by atoms with Crippen LogP contribution in [0.1, 0.15) is 31.9 Å². The van der Waals surface area contributed by atoms with Crippen LogP contribution in [0.15, 0.2) is 59.0 Å². The second kappa shape index (κ2) is 6.88. The van der Waals surface area contributed by atoms with E-state index in [-0.39, 0.29) is 0 Å². The van der Waals surface area contributed by atoms with E-state index < -0.39 is 15.7 Å². The average molecular weight is 315 g/mol. The van der Waals surface area contributed by atoms with Crippen molar-refractivity contribution < 1.29 is 8.95 Å². The van der Waals surface area contributed by atoms with Crippen molar-refractivity contribution in [2.75, 3.05) is 7.11 Å². The van der Waals surface area contributed by atoms with Crippen LogP contribution in [0.2, 0.25) is 0 Å². The minimum atomic E-state index is -1.35. The van der Waals surface area contributed by atoms with Gasteiger partial charge in [0.05, 0.1) is 17.6 Å². The van der Waals surface area contributed by atoms with Crippen molar-refractivity contribution in [1.82, 2.24) is 0 Å². The van der Waals surface area contributed by atoms with E-state index in [9.17, 15) is 4.21 Å². The maximum absolute atomic E-state index is 12.5. The fraction of sp³-hybridized carbons (Fsp3) is 0.278. The van der Waals surface area contributed by atoms with Gasteiger partial charge in [0.25, 0.3) is 0 Å². The van der Waals surface area contributed by atoms with Gasteiger partial charge < -0.3 is 4.74 Å². The topological polar surface area (TPSA) is 38.7 Å². The molecular formula is C18H21NO2S. The molecule has 2 rings (SSSR count). The highest BCUT2D eigenvalue weighted by atomic mass is 32.2. The van der Waals surface area contributed by atoms with Crippen molar-refractivity contribution in [2.24, 2.45) is 4.40 Å². The van der Waals surface area contributed by atoms with Crippen molar-refractivity contribution in [3.05, 3.63) is 65.7 Å². The Kier molecular flexibility index (Phi) is 5.14. The Labute approximate surface area is 134 Å². The van der Waals surface area contributed by atoms with Gasteiger partial charge in [-0.1, -0.05) is 42.5 Å². The fourth-order valence-electron chi connectivity index (χ4n) is 1.91. The van der Waals surface area contributed by atoms with Crippen LogP contribution in [-0.2, 0) is 11.0 Å². The molecular weight excluding hydrogens is 294 g/mol. The molecule has 0 aromatic heterocycles. The maximum Gasteiger partial charge on any atom is 0.145 e. The first-order valence-corrected chi connectivity index (χ1v) is 8.23. The zero-order chi connectivity index (χ0) is 16.2. The first-order valence-electron chi connectivity index (χ1n) is 7.13. The summed E-state index contributed by atoms with van der Waals surface area (Å²) in [6, 6.07) is 17.4. The number of benzene rings is 2. The normalized spacial score (nSPS) is 13.7. The van der Waals surface area contributed by atoms with Gasteiger partial charge in [-0.2, -0.15) is 4.40 Å². The Hall–Kier alpha value is -1.94. The van der Waals surface area contributed by atoms with E-state index in [1.54, 1.807) is 7.11 Å². The number of hydrogen-bond acceptors (Lipinski definition) is 2. The summed E-state index contributed by atoms with van der Waals surface area (Å²) in [7, 11) is 0.281. The molecule has 0 unspecified atom stereocenters. The third kappa shape index (κ3) is 3.83. The molecule has 0 N–H and O–H groups in total. The second-order valence-corrected chi connectivity index (χ2v) is 7.77. The highest BCUT2D eigenvalue weighted by Gasteiger charge is 2.21. The number of hydrogen-bond donors (Lipinski definition) is 0. The van der Waals surface area contributed by atoms with Crippen LogP contribution in [0.3, 0.4) is 0 Å². The minimum absolute atomic E-state index is 0.415. The third-order valence-corrected chi connectivity index (χ3v) is 4.50. The molecule has 22 heavy (non-hydrogen) atoms. The second-order valence-electron chi connectivity index (χ2n) is 5.87. The molecule has 0 bridgehead atoms. The fourth-order valence-corrected chi connectivity index (χ4v) is 2.56. The van der Waals surface area contributed by atoms with Crippen LogP contribution in [0.5, 0.6) is 5.75 Å². The summed E-state index contributed by atoms with van der Waals surface area (Å²) in [6.07, 6.45) is 0. The lowest BCUT2D eigenvalue weighted by Crippen LogP contribution is -2.21. The molecule has 2 aromatic carbocycles. The van der Waals surface area contributed by atoms with Gasteiger partial charge >= 0.3 is 0 Å². The standard InChI is InChI=1S/C18H21NO2S/c1-18(2,3)22(20)19-17(14-10-6-5-7-11-14)15-12-8-9-13-16(15)21-4/h5-13H,1-4H3/b19-17-/t22-/m1/s1. The SMILES string of the molecule is COc1ccccc1/C(=N\[S@](=O)C(C)(C)C)c1ccccc1. The number of rotatable bonds is 4. The van der Waals surface area contributed by atoms with Crippen molar-refractivity contribution >= 4 is 16.7 Å². The Bertz CT molecular complexity index is 688. The first kappa shape index (κ1) is 16.4. The summed E-state index contributed by atoms with van der Waals surface area (Å²) in [4.78, 5) is 0. The molecule has 4 heteroatoms. The highest BCUT2D eigenvalue weighted by Crippen LogP contribution is 2.24. The van der Waals surface area contributed by atoms with Gasteiger partial charge in [0.1, 0.15) is 16.7 Å². The molecule has 0 amide bonds. The lowest BCUT2D eigenvalue weighted by Gasteiger charge is -2.16. The molecule has 0 saturated carbocycles. The van der Waals surface area contributed by atoms with E-state index in [2.05, 4.69) is 4.40 Å². The van der Waals surface area contributed by atoms with Crippen LogP contribution >= 0.6 is 0 Å². The third-order valence-electron chi connectivity index (χ3n) is 3.11. The molecule has 1 atom stereocenters. The lowest BCUT2D eigenvalue weighted by atomic mass is 10.0. The largest absolute Gasteiger partial charge is 0.496 e. The molecule has 0 fully saturated rings. The predicted molar refractivity (Wildman–Crippen MR) is 93.0 cm³/mol. The predicted octanol–water partition coefficient (Wildman–Crippen LogP) is 3.99. The van der Waals surface area contributed by atoms with Crippen molar-refractivity contribution in [1.29, 1.82) is 0 Å². The zero-order valence-electron chi connectivity index (χ0n) is 13.4. The summed E-state index contributed by atoms with van der Waals surface area (Å²) in [5.41, 5.74) is 2.45. The van der Waals surface area contributed by atoms with Crippen LogP contribution in [-0.4, -0.2) is 21.8 Å². The van der Waals surface area contributed by atoms with E-state index in [0.29, 0.717) is 5.71 Å². The molecule has 0 radical (unpaired) electrons. The molecule has 0 heterocycles. The smallest absolute Gasteiger partial charge is 0.145 e. The van der Waals surface area contributed by atoms with Crippen molar-refractivity contribution in [3.8, 4) is 5.75 Å². The van der Waals surface area contributed by atoms with E-state index in [1.807, 2.05) is 75.4 Å². The maximum atomic E-state index is 12.5. The van der Waals surface area contributed by atoms with Gasteiger partial charge in [0.2, 0.25) is 0 Å². The van der Waals surface area contributed by atoms with Crippen LogP contribution < -0.4 is 4.74 Å². The number of methoxy groups -OCH3 is 1. The molecule has 0 saturated heterocycles. The van der Waals surface area contributed by atoms with Gasteiger partial charge in [0.15, 0.2) is 0 Å². The molecule has 116 valence electrons. The number of nitrogens with zero attached hydrogens (tertiary/aromatic N) is 1. The van der Waals surface area contributed by atoms with E-state index in [0.717, 1.165) is 16.9 Å². The molecule has 0 aliphatic carbocycles. The Morgan fingerprint density at radius 3 is 2.18 bits per heavy atom. The highest BCUT2D eigenvalue weighted by molar-refractivity contribution is 7.85. The van der Waals surface area contributed by atoms with Crippen molar-refractivity contribution in [2.45, 2.75) is 25.5 Å². The monoisotopic (exact) mass is 315 g/mol. The first-order chi connectivity index (χ1) is 10.4. The molecule has 2 aromatic rings. The lowest BCUT2D eigenvalue weighted by molar-refractivity contribution is 0.414. The summed E-state index contributed by atoms with van der Waals surface area (Å²) in [5.74, 6) is 0.719. The molecule has 3 nitrogen and oxygen atoms in total. The van der Waals surface area contributed by atoms with Gasteiger partial charge in [-0.3, -0.25) is 0 Å². The quantitative estimate of drug-likeness (QED) is 0.800. The van der Waals surface area contributed by atoms with Crippen LogP contribution in [0.25, 0.3) is 0 Å². The summed E-state index contributed by atoms with van der Waals surface area (Å²) in [6.45, 7) is 5.74. The number of ether oxygens (including phenoxy) is 1. The van der Waals surface area contributed by atoms with Crippen molar-refractivity contribution in [3.63, 3.8) is 0 Å². The Morgan fingerprint density at radius 1 is 1.00 bits per heavy atom. The summed E-state index contributed by atoms with van der Waals surface area (Å²) < 4.78 is 22.0. The van der Waals surface area contributed by atoms with Crippen LogP contribution in [0, 0.1) is 0 Å². The van der Waals surface area contributed by atoms with Gasteiger partial charge in [0, 0.05) is 11.1 Å². The zero-order valence-corrected chi connectivity index (χ0v) is 14.2. The Morgan fingerprint density at radius 2 is 1.59 bits per heavy atom. The number of para-hydroxylation sites is 1. The van der Waals surface area contributed by atoms with E-state index in [4.69, 9.17) is 4.74 Å². The molecule has 0 aliphatic heterocycles. The van der Waals surface area contributed by atoms with E-state index >= 15 is 0 Å². The molecule has 0 aliphatic rings. The van der Waals surface area contributed by atoms with Gasteiger partial charge in [-0.05, 0) is 32.9 Å². The van der Waals surface area contributed by atoms with Gasteiger partial charge in [-0.25, -0.2) is 4.21 Å². The van der Waals surface area contributed by atoms with Gasteiger partial charge in [-0.15, -0.1) is 0 Å². The minimum Gasteiger partial charge on any atom is -0.496 e. The summed E-state index contributed by atoms with van der Waals surface area (Å²) in [5, 5.41) is 0.